The number of carbonyl (C=O) groups is 1. The second-order valence-electron chi connectivity index (χ2n) is 3.99. The summed E-state index contributed by atoms with van der Waals surface area (Å²) in [4.78, 5) is 11.1. The number of alkyl halides is 1. The van der Waals surface area contributed by atoms with Crippen LogP contribution in [0.3, 0.4) is 0 Å². The quantitative estimate of drug-likeness (QED) is 0.711. The predicted molar refractivity (Wildman–Crippen MR) is 54.0 cm³/mol. The van der Waals surface area contributed by atoms with Crippen LogP contribution >= 0.6 is 11.6 Å². The van der Waals surface area contributed by atoms with E-state index in [4.69, 9.17) is 16.3 Å². The van der Waals surface area contributed by atoms with E-state index in [2.05, 4.69) is 5.32 Å². The third-order valence-electron chi connectivity index (χ3n) is 1.22. The zero-order valence-corrected chi connectivity index (χ0v) is 9.44. The topological polar surface area (TPSA) is 38.3 Å². The van der Waals surface area contributed by atoms with Gasteiger partial charge in [-0.1, -0.05) is 0 Å². The number of hydrogen-bond donors (Lipinski definition) is 1. The molecule has 4 heteroatoms. The molecule has 0 heterocycles. The van der Waals surface area contributed by atoms with Crippen molar-refractivity contribution in [1.29, 1.82) is 0 Å². The van der Waals surface area contributed by atoms with E-state index < -0.39 is 0 Å². The highest BCUT2D eigenvalue weighted by atomic mass is 35.5. The second kappa shape index (κ2) is 5.45. The molecule has 0 aromatic carbocycles. The lowest BCUT2D eigenvalue weighted by Crippen LogP contribution is -2.34. The van der Waals surface area contributed by atoms with Crippen molar-refractivity contribution in [2.45, 2.75) is 38.7 Å². The van der Waals surface area contributed by atoms with Crippen LogP contribution in [-0.4, -0.2) is 30.0 Å². The predicted octanol–water partition coefficient (Wildman–Crippen LogP) is 1.54. The maximum atomic E-state index is 11.1. The molecule has 0 aliphatic rings. The molecular formula is C9H18ClNO2. The van der Waals surface area contributed by atoms with Crippen molar-refractivity contribution in [1.82, 2.24) is 5.32 Å². The summed E-state index contributed by atoms with van der Waals surface area (Å²) < 4.78 is 5.27. The summed E-state index contributed by atoms with van der Waals surface area (Å²) >= 11 is 5.66. The first-order valence-electron chi connectivity index (χ1n) is 4.36. The van der Waals surface area contributed by atoms with Crippen LogP contribution in [0.25, 0.3) is 0 Å². The van der Waals surface area contributed by atoms with Crippen molar-refractivity contribution in [2.24, 2.45) is 0 Å². The standard InChI is InChI=1S/C9H18ClNO2/c1-7(10)5-11-8(12)6-13-9(2,3)4/h7H,5-6H2,1-4H3,(H,11,12). The van der Waals surface area contributed by atoms with Gasteiger partial charge in [-0.05, 0) is 27.7 Å². The molecule has 0 aromatic rings. The van der Waals surface area contributed by atoms with E-state index in [-0.39, 0.29) is 23.5 Å². The molecule has 0 spiro atoms. The van der Waals surface area contributed by atoms with Crippen LogP contribution in [0, 0.1) is 0 Å². The first kappa shape index (κ1) is 12.7. The monoisotopic (exact) mass is 207 g/mol. The minimum absolute atomic E-state index is 0.0430. The molecule has 0 rings (SSSR count). The Morgan fingerprint density at radius 1 is 1.54 bits per heavy atom. The number of halogens is 1. The maximum absolute atomic E-state index is 11.1. The van der Waals surface area contributed by atoms with Gasteiger partial charge in [-0.2, -0.15) is 0 Å². The molecule has 3 nitrogen and oxygen atoms in total. The summed E-state index contributed by atoms with van der Waals surface area (Å²) in [7, 11) is 0. The van der Waals surface area contributed by atoms with Gasteiger partial charge in [0.05, 0.1) is 5.60 Å². The van der Waals surface area contributed by atoms with Gasteiger partial charge in [0.1, 0.15) is 6.61 Å². The van der Waals surface area contributed by atoms with E-state index in [9.17, 15) is 4.79 Å². The summed E-state index contributed by atoms with van der Waals surface area (Å²) in [5, 5.41) is 2.62. The summed E-state index contributed by atoms with van der Waals surface area (Å²) in [6.45, 7) is 8.12. The molecular weight excluding hydrogens is 190 g/mol. The second-order valence-corrected chi connectivity index (χ2v) is 4.73. The molecule has 0 saturated heterocycles. The summed E-state index contributed by atoms with van der Waals surface area (Å²) in [6.07, 6.45) is 0. The fourth-order valence-electron chi connectivity index (χ4n) is 0.588. The minimum atomic E-state index is -0.274. The van der Waals surface area contributed by atoms with Crippen LogP contribution in [0.15, 0.2) is 0 Å². The Balaban J connectivity index is 3.53. The van der Waals surface area contributed by atoms with Gasteiger partial charge in [-0.3, -0.25) is 4.79 Å². The van der Waals surface area contributed by atoms with E-state index in [0.717, 1.165) is 0 Å². The molecule has 0 saturated carbocycles. The summed E-state index contributed by atoms with van der Waals surface area (Å²) in [5.74, 6) is -0.123. The Labute approximate surface area is 84.8 Å². The van der Waals surface area contributed by atoms with Gasteiger partial charge in [0.2, 0.25) is 5.91 Å². The number of rotatable bonds is 4. The van der Waals surface area contributed by atoms with Crippen molar-refractivity contribution in [2.75, 3.05) is 13.2 Å². The Kier molecular flexibility index (Phi) is 5.33. The molecule has 1 atom stereocenters. The number of carbonyl (C=O) groups excluding carboxylic acids is 1. The van der Waals surface area contributed by atoms with E-state index in [1.807, 2.05) is 27.7 Å². The highest BCUT2D eigenvalue weighted by Crippen LogP contribution is 2.05. The SMILES string of the molecule is CC(Cl)CNC(=O)COC(C)(C)C. The van der Waals surface area contributed by atoms with E-state index in [1.54, 1.807) is 0 Å². The normalized spacial score (nSPS) is 13.9. The molecule has 13 heavy (non-hydrogen) atoms. The van der Waals surface area contributed by atoms with Crippen LogP contribution < -0.4 is 5.32 Å². The third-order valence-corrected chi connectivity index (χ3v) is 1.37. The zero-order chi connectivity index (χ0) is 10.5. The van der Waals surface area contributed by atoms with Gasteiger partial charge >= 0.3 is 0 Å². The van der Waals surface area contributed by atoms with Crippen LogP contribution in [0.1, 0.15) is 27.7 Å². The minimum Gasteiger partial charge on any atom is -0.366 e. The molecule has 0 aliphatic heterocycles. The first-order valence-corrected chi connectivity index (χ1v) is 4.79. The van der Waals surface area contributed by atoms with Gasteiger partial charge in [0, 0.05) is 11.9 Å². The van der Waals surface area contributed by atoms with Gasteiger partial charge in [-0.15, -0.1) is 11.6 Å². The van der Waals surface area contributed by atoms with Gasteiger partial charge in [0.15, 0.2) is 0 Å². The highest BCUT2D eigenvalue weighted by molar-refractivity contribution is 6.20. The molecule has 1 amide bonds. The summed E-state index contributed by atoms with van der Waals surface area (Å²) in [6, 6.07) is 0. The number of nitrogens with one attached hydrogen (secondary N) is 1. The van der Waals surface area contributed by atoms with Crippen molar-refractivity contribution < 1.29 is 9.53 Å². The molecule has 0 bridgehead atoms. The van der Waals surface area contributed by atoms with E-state index in [1.165, 1.54) is 0 Å². The largest absolute Gasteiger partial charge is 0.366 e. The van der Waals surface area contributed by atoms with E-state index in [0.29, 0.717) is 6.54 Å². The summed E-state index contributed by atoms with van der Waals surface area (Å²) in [5.41, 5.74) is -0.274. The zero-order valence-electron chi connectivity index (χ0n) is 8.69. The van der Waals surface area contributed by atoms with Crippen molar-refractivity contribution in [3.8, 4) is 0 Å². The fourth-order valence-corrected chi connectivity index (χ4v) is 0.665. The molecule has 0 radical (unpaired) electrons. The fraction of sp³-hybridized carbons (Fsp3) is 0.889. The average molecular weight is 208 g/mol. The Morgan fingerprint density at radius 3 is 2.46 bits per heavy atom. The van der Waals surface area contributed by atoms with E-state index >= 15 is 0 Å². The van der Waals surface area contributed by atoms with Crippen molar-refractivity contribution >= 4 is 17.5 Å². The smallest absolute Gasteiger partial charge is 0.246 e. The van der Waals surface area contributed by atoms with Crippen molar-refractivity contribution in [3.05, 3.63) is 0 Å². The first-order chi connectivity index (χ1) is 5.81. The average Bonchev–Trinajstić information content (AvgIpc) is 1.95. The lowest BCUT2D eigenvalue weighted by molar-refractivity contribution is -0.130. The number of amides is 1. The van der Waals surface area contributed by atoms with Gasteiger partial charge in [-0.25, -0.2) is 0 Å². The lowest BCUT2D eigenvalue weighted by atomic mass is 10.2. The number of ether oxygens (including phenoxy) is 1. The Bertz CT molecular complexity index is 163. The Morgan fingerprint density at radius 2 is 2.08 bits per heavy atom. The van der Waals surface area contributed by atoms with Crippen LogP contribution in [0.5, 0.6) is 0 Å². The van der Waals surface area contributed by atoms with Crippen LogP contribution in [0.2, 0.25) is 0 Å². The lowest BCUT2D eigenvalue weighted by Gasteiger charge is -2.19. The number of hydrogen-bond acceptors (Lipinski definition) is 2. The van der Waals surface area contributed by atoms with Crippen LogP contribution in [-0.2, 0) is 9.53 Å². The van der Waals surface area contributed by atoms with Crippen LogP contribution in [0.4, 0.5) is 0 Å². The highest BCUT2D eigenvalue weighted by Gasteiger charge is 2.12. The maximum Gasteiger partial charge on any atom is 0.246 e. The van der Waals surface area contributed by atoms with Crippen molar-refractivity contribution in [3.63, 3.8) is 0 Å². The molecule has 0 fully saturated rings. The molecule has 1 N–H and O–H groups in total. The molecule has 1 unspecified atom stereocenters. The third kappa shape index (κ3) is 9.64. The molecule has 0 aromatic heterocycles. The van der Waals surface area contributed by atoms with Gasteiger partial charge < -0.3 is 10.1 Å². The van der Waals surface area contributed by atoms with Gasteiger partial charge in [0.25, 0.3) is 0 Å². The molecule has 0 aliphatic carbocycles. The Hall–Kier alpha value is -0.280. The molecule has 78 valence electrons.